The third-order valence-corrected chi connectivity index (χ3v) is 9.13. The van der Waals surface area contributed by atoms with Crippen molar-refractivity contribution in [3.05, 3.63) is 53.2 Å². The Morgan fingerprint density at radius 3 is 2.67 bits per heavy atom. The molecule has 0 saturated carbocycles. The van der Waals surface area contributed by atoms with E-state index in [9.17, 15) is 18.8 Å². The second-order valence-corrected chi connectivity index (χ2v) is 12.0. The molecule has 3 aliphatic heterocycles. The fourth-order valence-electron chi connectivity index (χ4n) is 6.84. The molecule has 1 aromatic heterocycles. The van der Waals surface area contributed by atoms with Gasteiger partial charge in [-0.25, -0.2) is 8.78 Å². The number of piperazine rings is 1. The number of benzene rings is 2. The molecule has 0 N–H and O–H groups in total. The predicted octanol–water partition coefficient (Wildman–Crippen LogP) is 3.83. The number of halogens is 2. The first-order valence-corrected chi connectivity index (χ1v) is 15.4. The maximum Gasteiger partial charge on any atom is 0.318 e. The number of likely N-dealkylation sites (tertiary alicyclic amines) is 1. The zero-order chi connectivity index (χ0) is 31.5. The molecule has 0 aliphatic carbocycles. The molecule has 11 heteroatoms. The SMILES string of the molecule is Cc1cccc2cccc(N3CCc4c(nc(OC[C@@H]5C[C@@H](F)CN5C)nc4N4CCN(C(=O)C#CCF)[C@@H](CC#N)C4)C3)c12. The molecule has 2 saturated heterocycles. The van der Waals surface area contributed by atoms with E-state index >= 15 is 0 Å². The third-order valence-electron chi connectivity index (χ3n) is 9.13. The number of alkyl halides is 2. The van der Waals surface area contributed by atoms with Gasteiger partial charge >= 0.3 is 6.01 Å². The van der Waals surface area contributed by atoms with Crippen molar-refractivity contribution in [2.75, 3.05) is 62.9 Å². The molecule has 4 heterocycles. The number of hydrogen-bond acceptors (Lipinski definition) is 8. The van der Waals surface area contributed by atoms with Gasteiger partial charge in [0.1, 0.15) is 18.6 Å². The van der Waals surface area contributed by atoms with Gasteiger partial charge in [-0.1, -0.05) is 36.3 Å². The first kappa shape index (κ1) is 30.5. The van der Waals surface area contributed by atoms with Gasteiger partial charge in [-0.15, -0.1) is 0 Å². The molecule has 0 spiro atoms. The number of amides is 1. The van der Waals surface area contributed by atoms with E-state index < -0.39 is 24.8 Å². The zero-order valence-electron chi connectivity index (χ0n) is 25.7. The lowest BCUT2D eigenvalue weighted by Gasteiger charge is -2.41. The predicted molar refractivity (Wildman–Crippen MR) is 169 cm³/mol. The summed E-state index contributed by atoms with van der Waals surface area (Å²) >= 11 is 0. The largest absolute Gasteiger partial charge is 0.462 e. The van der Waals surface area contributed by atoms with Crippen LogP contribution in [0.4, 0.5) is 20.3 Å². The maximum absolute atomic E-state index is 14.1. The highest BCUT2D eigenvalue weighted by molar-refractivity contribution is 5.97. The summed E-state index contributed by atoms with van der Waals surface area (Å²) in [7, 11) is 1.89. The van der Waals surface area contributed by atoms with Crippen LogP contribution < -0.4 is 14.5 Å². The van der Waals surface area contributed by atoms with Crippen molar-refractivity contribution in [3.8, 4) is 23.9 Å². The lowest BCUT2D eigenvalue weighted by molar-refractivity contribution is -0.127. The number of ether oxygens (including phenoxy) is 1. The van der Waals surface area contributed by atoms with E-state index in [1.54, 1.807) is 4.90 Å². The number of nitrogens with zero attached hydrogens (tertiary/aromatic N) is 7. The molecule has 0 radical (unpaired) electrons. The Hall–Kier alpha value is -4.48. The highest BCUT2D eigenvalue weighted by Crippen LogP contribution is 2.36. The number of nitriles is 1. The van der Waals surface area contributed by atoms with E-state index in [0.29, 0.717) is 45.6 Å². The van der Waals surface area contributed by atoms with Gasteiger partial charge in [0.2, 0.25) is 0 Å². The number of carbonyl (C=O) groups excluding carboxylic acids is 1. The number of anilines is 2. The van der Waals surface area contributed by atoms with Crippen molar-refractivity contribution < 1.29 is 18.3 Å². The van der Waals surface area contributed by atoms with Crippen molar-refractivity contribution >= 4 is 28.2 Å². The van der Waals surface area contributed by atoms with Gasteiger partial charge in [0.25, 0.3) is 5.91 Å². The average molecular weight is 614 g/mol. The number of fused-ring (bicyclic) bond motifs is 2. The Bertz CT molecular complexity index is 1680. The van der Waals surface area contributed by atoms with Crippen molar-refractivity contribution in [3.63, 3.8) is 0 Å². The highest BCUT2D eigenvalue weighted by Gasteiger charge is 2.34. The molecule has 0 unspecified atom stereocenters. The standard InChI is InChI=1S/C34H37F2N7O2/c1-23-6-3-7-24-8-4-9-30(32(23)24)41-15-12-28-29(21-41)38-34(45-22-27-18-25(36)19-40(27)2)39-33(28)42-16-17-43(26(20-42)11-14-37)31(44)10-5-13-35/h3-4,6-9,25-27H,11-13,15-22H2,1-2H3/t25-,26+,27+/m1/s1. The van der Waals surface area contributed by atoms with Gasteiger partial charge in [0, 0.05) is 55.4 Å². The number of hydrogen-bond donors (Lipinski definition) is 0. The molecule has 1 amide bonds. The van der Waals surface area contributed by atoms with Crippen LogP contribution >= 0.6 is 0 Å². The number of aromatic nitrogens is 2. The van der Waals surface area contributed by atoms with Crippen molar-refractivity contribution in [1.82, 2.24) is 19.8 Å². The first-order chi connectivity index (χ1) is 21.9. The topological polar surface area (TPSA) is 88.8 Å². The fraction of sp³-hybridized carbons (Fsp3) is 0.471. The Labute approximate surface area is 262 Å². The van der Waals surface area contributed by atoms with E-state index in [1.165, 1.54) is 16.3 Å². The van der Waals surface area contributed by atoms with Crippen LogP contribution in [0.25, 0.3) is 10.8 Å². The molecular weight excluding hydrogens is 576 g/mol. The molecule has 3 aromatic rings. The number of rotatable bonds is 6. The van der Waals surface area contributed by atoms with Crippen molar-refractivity contribution in [2.45, 2.75) is 51.0 Å². The molecule has 3 aliphatic rings. The van der Waals surface area contributed by atoms with Crippen LogP contribution in [0.3, 0.4) is 0 Å². The van der Waals surface area contributed by atoms with Crippen LogP contribution in [-0.2, 0) is 17.8 Å². The van der Waals surface area contributed by atoms with E-state index in [1.807, 2.05) is 11.9 Å². The summed E-state index contributed by atoms with van der Waals surface area (Å²) in [4.78, 5) is 30.4. The Balaban J connectivity index is 1.33. The normalized spacial score (nSPS) is 21.7. The monoisotopic (exact) mass is 613 g/mol. The van der Waals surface area contributed by atoms with Gasteiger partial charge in [0.15, 0.2) is 6.67 Å². The lowest BCUT2D eigenvalue weighted by atomic mass is 9.99. The molecule has 3 atom stereocenters. The van der Waals surface area contributed by atoms with Crippen molar-refractivity contribution in [2.24, 2.45) is 0 Å². The molecule has 9 nitrogen and oxygen atoms in total. The zero-order valence-corrected chi connectivity index (χ0v) is 25.7. The lowest BCUT2D eigenvalue weighted by Crippen LogP contribution is -2.55. The summed E-state index contributed by atoms with van der Waals surface area (Å²) < 4.78 is 32.9. The highest BCUT2D eigenvalue weighted by atomic mass is 19.1. The molecule has 0 bridgehead atoms. The van der Waals surface area contributed by atoms with Crippen LogP contribution in [0.15, 0.2) is 36.4 Å². The van der Waals surface area contributed by atoms with Crippen LogP contribution in [-0.4, -0.2) is 97.0 Å². The van der Waals surface area contributed by atoms with Crippen molar-refractivity contribution in [1.29, 1.82) is 5.26 Å². The third kappa shape index (κ3) is 6.36. The summed E-state index contributed by atoms with van der Waals surface area (Å²) in [5, 5.41) is 12.0. The Morgan fingerprint density at radius 1 is 1.09 bits per heavy atom. The van der Waals surface area contributed by atoms with E-state index in [4.69, 9.17) is 14.7 Å². The van der Waals surface area contributed by atoms with Crippen LogP contribution in [0.1, 0.15) is 29.7 Å². The van der Waals surface area contributed by atoms with Gasteiger partial charge in [-0.2, -0.15) is 15.2 Å². The van der Waals surface area contributed by atoms with Gasteiger partial charge in [0.05, 0.1) is 30.8 Å². The minimum absolute atomic E-state index is 0.0711. The first-order valence-electron chi connectivity index (χ1n) is 15.4. The fourth-order valence-corrected chi connectivity index (χ4v) is 6.84. The minimum Gasteiger partial charge on any atom is -0.462 e. The maximum atomic E-state index is 14.1. The van der Waals surface area contributed by atoms with Crippen LogP contribution in [0, 0.1) is 30.1 Å². The molecule has 6 rings (SSSR count). The number of likely N-dealkylation sites (N-methyl/N-ethyl adjacent to an activating group) is 1. The van der Waals surface area contributed by atoms with Gasteiger partial charge < -0.3 is 19.4 Å². The number of aryl methyl sites for hydroxylation is 1. The molecule has 45 heavy (non-hydrogen) atoms. The quantitative estimate of drug-likeness (QED) is 0.388. The molecule has 234 valence electrons. The van der Waals surface area contributed by atoms with E-state index in [0.717, 1.165) is 29.3 Å². The van der Waals surface area contributed by atoms with Gasteiger partial charge in [-0.3, -0.25) is 9.69 Å². The van der Waals surface area contributed by atoms with Gasteiger partial charge in [-0.05, 0) is 49.7 Å². The Morgan fingerprint density at radius 2 is 1.91 bits per heavy atom. The molecule has 2 fully saturated rings. The minimum atomic E-state index is -0.900. The smallest absolute Gasteiger partial charge is 0.318 e. The second-order valence-electron chi connectivity index (χ2n) is 12.0. The summed E-state index contributed by atoms with van der Waals surface area (Å²) in [6.07, 6.45) is 0.334. The Kier molecular flexibility index (Phi) is 8.99. The summed E-state index contributed by atoms with van der Waals surface area (Å²) in [5.74, 6) is 4.80. The average Bonchev–Trinajstić information content (AvgIpc) is 3.38. The van der Waals surface area contributed by atoms with Crippen LogP contribution in [0.2, 0.25) is 0 Å². The van der Waals surface area contributed by atoms with E-state index in [2.05, 4.69) is 71.0 Å². The second kappa shape index (κ2) is 13.3. The summed E-state index contributed by atoms with van der Waals surface area (Å²) in [5.41, 5.74) is 4.24. The van der Waals surface area contributed by atoms with E-state index in [-0.39, 0.29) is 25.1 Å². The summed E-state index contributed by atoms with van der Waals surface area (Å²) in [6, 6.07) is 14.6. The molecular formula is C34H37F2N7O2. The summed E-state index contributed by atoms with van der Waals surface area (Å²) in [6.45, 7) is 4.37. The number of carbonyl (C=O) groups is 1. The van der Waals surface area contributed by atoms with Crippen LogP contribution in [0.5, 0.6) is 6.01 Å². The molecule has 2 aromatic carbocycles.